The normalized spacial score (nSPS) is 13.2. The smallest absolute Gasteiger partial charge is 0.262 e. The van der Waals surface area contributed by atoms with Gasteiger partial charge in [0.15, 0.2) is 0 Å². The van der Waals surface area contributed by atoms with Crippen molar-refractivity contribution in [3.8, 4) is 0 Å². The van der Waals surface area contributed by atoms with Gasteiger partial charge in [-0.1, -0.05) is 54.6 Å². The highest BCUT2D eigenvalue weighted by atomic mass is 32.2. The van der Waals surface area contributed by atoms with Crippen LogP contribution in [0.3, 0.4) is 0 Å². The number of hydrogen-bond acceptors (Lipinski definition) is 7. The summed E-state index contributed by atoms with van der Waals surface area (Å²) in [5.41, 5.74) is 0.953. The quantitative estimate of drug-likeness (QED) is 0.0584. The Hall–Kier alpha value is -5.61. The van der Waals surface area contributed by atoms with E-state index in [1.54, 1.807) is 23.9 Å². The number of carbonyl (C=O) groups excluding carboxylic acids is 3. The minimum absolute atomic E-state index is 0.0315. The topological polar surface area (TPSA) is 130 Å². The number of rotatable bonds is 17. The standard InChI is InChI=1S/C43H38F4N4O5S2/c44-31-14-18-35(37(46)23-31)40-41(36-19-15-32(45)24-38(36)47)43(54)51(42(40)53)20-4-7-39(52)49-25-28-8-10-29(11-9-28)26-50(21-22-57-33-5-2-1-3-6-33)27-30-12-16-34(17-13-30)58(48,55)56/h1-3,5-6,8-19,23-24H,4,7,20-22,25-27H2,(H,49,52)(H2,48,55,56). The number of carbonyl (C=O) groups is 3. The Morgan fingerprint density at radius 3 is 1.74 bits per heavy atom. The molecule has 5 aromatic carbocycles. The molecule has 3 amide bonds. The molecule has 0 aliphatic carbocycles. The third kappa shape index (κ3) is 10.7. The van der Waals surface area contributed by atoms with Gasteiger partial charge in [-0.2, -0.15) is 0 Å². The third-order valence-corrected chi connectivity index (χ3v) is 11.3. The summed E-state index contributed by atoms with van der Waals surface area (Å²) in [6.07, 6.45) is -0.0481. The summed E-state index contributed by atoms with van der Waals surface area (Å²) in [6, 6.07) is 29.1. The fourth-order valence-electron chi connectivity index (χ4n) is 6.44. The molecular formula is C43H38F4N4O5S2. The molecule has 0 spiro atoms. The summed E-state index contributed by atoms with van der Waals surface area (Å²) in [5, 5.41) is 8.09. The van der Waals surface area contributed by atoms with Crippen molar-refractivity contribution in [3.63, 3.8) is 0 Å². The van der Waals surface area contributed by atoms with E-state index in [0.29, 0.717) is 25.2 Å². The molecule has 9 nitrogen and oxygen atoms in total. The minimum Gasteiger partial charge on any atom is -0.352 e. The van der Waals surface area contributed by atoms with Gasteiger partial charge in [0.25, 0.3) is 11.8 Å². The van der Waals surface area contributed by atoms with Crippen LogP contribution in [0.15, 0.2) is 125 Å². The molecule has 1 heterocycles. The van der Waals surface area contributed by atoms with Gasteiger partial charge in [-0.15, -0.1) is 11.8 Å². The third-order valence-electron chi connectivity index (χ3n) is 9.35. The highest BCUT2D eigenvalue weighted by molar-refractivity contribution is 7.99. The predicted octanol–water partition coefficient (Wildman–Crippen LogP) is 7.06. The van der Waals surface area contributed by atoms with Crippen LogP contribution in [-0.4, -0.2) is 54.8 Å². The van der Waals surface area contributed by atoms with E-state index in [2.05, 4.69) is 22.3 Å². The van der Waals surface area contributed by atoms with Gasteiger partial charge in [-0.3, -0.25) is 24.2 Å². The summed E-state index contributed by atoms with van der Waals surface area (Å²) < 4.78 is 80.6. The lowest BCUT2D eigenvalue weighted by atomic mass is 9.95. The SMILES string of the molecule is NS(=O)(=O)c1ccc(CN(CCSc2ccccc2)Cc2ccc(CNC(=O)CCCN3C(=O)C(c4ccc(F)cc4F)=C(c4ccc(F)cc4F)C3=O)cc2)cc1. The molecule has 0 aromatic heterocycles. The number of hydrogen-bond donors (Lipinski definition) is 2. The molecule has 1 aliphatic rings. The highest BCUT2D eigenvalue weighted by Crippen LogP contribution is 2.38. The van der Waals surface area contributed by atoms with E-state index in [1.165, 1.54) is 12.1 Å². The Labute approximate surface area is 337 Å². The number of nitrogens with one attached hydrogen (secondary N) is 1. The molecule has 1 aliphatic heterocycles. The Balaban J connectivity index is 1.04. The number of halogens is 4. The molecule has 0 fully saturated rings. The molecule has 6 rings (SSSR count). The summed E-state index contributed by atoms with van der Waals surface area (Å²) in [6.45, 7) is 1.87. The largest absolute Gasteiger partial charge is 0.352 e. The van der Waals surface area contributed by atoms with Crippen molar-refractivity contribution in [1.82, 2.24) is 15.1 Å². The zero-order valence-corrected chi connectivity index (χ0v) is 32.6. The lowest BCUT2D eigenvalue weighted by molar-refractivity contribution is -0.136. The number of primary sulfonamides is 1. The van der Waals surface area contributed by atoms with Crippen LogP contribution in [0.4, 0.5) is 17.6 Å². The lowest BCUT2D eigenvalue weighted by Crippen LogP contribution is -2.33. The fourth-order valence-corrected chi connectivity index (χ4v) is 7.89. The van der Waals surface area contributed by atoms with Crippen molar-refractivity contribution in [2.75, 3.05) is 18.8 Å². The first kappa shape index (κ1) is 42.0. The van der Waals surface area contributed by atoms with Crippen molar-refractivity contribution < 1.29 is 40.4 Å². The van der Waals surface area contributed by atoms with Gasteiger partial charge in [-0.05, 0) is 71.6 Å². The number of nitrogens with zero attached hydrogens (tertiary/aromatic N) is 2. The Morgan fingerprint density at radius 1 is 0.707 bits per heavy atom. The van der Waals surface area contributed by atoms with Crippen LogP contribution in [0.2, 0.25) is 0 Å². The number of benzene rings is 5. The van der Waals surface area contributed by atoms with Crippen LogP contribution in [0.25, 0.3) is 11.1 Å². The second-order valence-corrected chi connectivity index (χ2v) is 16.2. The van der Waals surface area contributed by atoms with Crippen LogP contribution in [0.1, 0.15) is 40.7 Å². The molecule has 0 bridgehead atoms. The monoisotopic (exact) mass is 830 g/mol. The molecule has 0 saturated carbocycles. The van der Waals surface area contributed by atoms with Crippen LogP contribution < -0.4 is 10.5 Å². The first-order chi connectivity index (χ1) is 27.8. The first-order valence-corrected chi connectivity index (χ1v) is 20.7. The number of nitrogens with two attached hydrogens (primary N) is 1. The van der Waals surface area contributed by atoms with Gasteiger partial charge >= 0.3 is 0 Å². The molecular weight excluding hydrogens is 793 g/mol. The average Bonchev–Trinajstić information content (AvgIpc) is 3.42. The van der Waals surface area contributed by atoms with Gasteiger partial charge < -0.3 is 5.32 Å². The maximum atomic E-state index is 14.9. The Morgan fingerprint density at radius 2 is 1.22 bits per heavy atom. The maximum absolute atomic E-state index is 14.9. The lowest BCUT2D eigenvalue weighted by Gasteiger charge is -2.23. The molecule has 15 heteroatoms. The van der Waals surface area contributed by atoms with E-state index in [-0.39, 0.29) is 36.7 Å². The van der Waals surface area contributed by atoms with Gasteiger partial charge in [0, 0.05) is 73.1 Å². The maximum Gasteiger partial charge on any atom is 0.262 e. The van der Waals surface area contributed by atoms with E-state index < -0.39 is 67.4 Å². The highest BCUT2D eigenvalue weighted by Gasteiger charge is 2.41. The predicted molar refractivity (Wildman–Crippen MR) is 213 cm³/mol. The zero-order valence-electron chi connectivity index (χ0n) is 31.0. The molecule has 5 aromatic rings. The van der Waals surface area contributed by atoms with Crippen molar-refractivity contribution in [2.24, 2.45) is 5.14 Å². The average molecular weight is 831 g/mol. The van der Waals surface area contributed by atoms with Crippen LogP contribution in [-0.2, 0) is 44.0 Å². The van der Waals surface area contributed by atoms with E-state index in [9.17, 15) is 40.4 Å². The first-order valence-electron chi connectivity index (χ1n) is 18.1. The van der Waals surface area contributed by atoms with E-state index in [1.807, 2.05) is 42.5 Å². The molecule has 3 N–H and O–H groups in total. The van der Waals surface area contributed by atoms with Crippen molar-refractivity contribution in [2.45, 2.75) is 42.3 Å². The van der Waals surface area contributed by atoms with E-state index >= 15 is 0 Å². The van der Waals surface area contributed by atoms with Crippen LogP contribution in [0.5, 0.6) is 0 Å². The summed E-state index contributed by atoms with van der Waals surface area (Å²) in [4.78, 5) is 44.0. The minimum atomic E-state index is -3.80. The van der Waals surface area contributed by atoms with Crippen molar-refractivity contribution in [1.29, 1.82) is 0 Å². The number of thioether (sulfide) groups is 1. The number of sulfonamides is 1. The van der Waals surface area contributed by atoms with E-state index in [0.717, 1.165) is 63.0 Å². The summed E-state index contributed by atoms with van der Waals surface area (Å²) in [7, 11) is -3.80. The molecule has 58 heavy (non-hydrogen) atoms. The van der Waals surface area contributed by atoms with Gasteiger partial charge in [0.1, 0.15) is 23.3 Å². The fraction of sp³-hybridized carbons (Fsp3) is 0.186. The zero-order chi connectivity index (χ0) is 41.4. The van der Waals surface area contributed by atoms with Crippen molar-refractivity contribution >= 4 is 50.7 Å². The van der Waals surface area contributed by atoms with Gasteiger partial charge in [0.05, 0.1) is 16.0 Å². The van der Waals surface area contributed by atoms with Gasteiger partial charge in [-0.25, -0.2) is 31.1 Å². The summed E-state index contributed by atoms with van der Waals surface area (Å²) in [5.74, 6) is -5.58. The molecule has 0 radical (unpaired) electrons. The van der Waals surface area contributed by atoms with E-state index in [4.69, 9.17) is 5.14 Å². The molecule has 0 unspecified atom stereocenters. The Bertz CT molecular complexity index is 2380. The van der Waals surface area contributed by atoms with Crippen LogP contribution >= 0.6 is 11.8 Å². The summed E-state index contributed by atoms with van der Waals surface area (Å²) >= 11 is 1.73. The molecule has 0 saturated heterocycles. The Kier molecular flexibility index (Phi) is 13.6. The second-order valence-electron chi connectivity index (χ2n) is 13.5. The number of amides is 3. The van der Waals surface area contributed by atoms with Gasteiger partial charge in [0.2, 0.25) is 15.9 Å². The number of imide groups is 1. The van der Waals surface area contributed by atoms with Crippen molar-refractivity contribution in [3.05, 3.63) is 166 Å². The van der Waals surface area contributed by atoms with Crippen LogP contribution in [0, 0.1) is 23.3 Å². The molecule has 300 valence electrons. The molecule has 0 atom stereocenters. The second kappa shape index (κ2) is 18.8.